The number of fused-ring (bicyclic) bond motifs is 5. The molecule has 378 valence electrons. The SMILES string of the molecule is C=C[C@]12CC[C@]3(C)[C@@H]([C@H](C)CCCC(C)C)CC[C@H]3[C@@H]1CC=C1C[C@@H](OC(=O)CCCCCCN(CCCCCCCC(=O)OC/C=C\CCCCCC)C(=O)SCCN(C)C)CC[C@@]12C. The van der Waals surface area contributed by atoms with E-state index < -0.39 is 0 Å². The van der Waals surface area contributed by atoms with E-state index in [1.807, 2.05) is 25.1 Å². The molecule has 8 heteroatoms. The second-order valence-corrected chi connectivity index (χ2v) is 23.7. The molecule has 66 heavy (non-hydrogen) atoms. The zero-order valence-corrected chi connectivity index (χ0v) is 44.8. The maximum absolute atomic E-state index is 13.2. The Morgan fingerprint density at radius 2 is 1.47 bits per heavy atom. The zero-order chi connectivity index (χ0) is 48.0. The van der Waals surface area contributed by atoms with E-state index in [9.17, 15) is 14.4 Å². The summed E-state index contributed by atoms with van der Waals surface area (Å²) in [7, 11) is 4.09. The maximum Gasteiger partial charge on any atom is 0.306 e. The molecule has 0 radical (unpaired) electrons. The summed E-state index contributed by atoms with van der Waals surface area (Å²) >= 11 is 1.43. The van der Waals surface area contributed by atoms with Gasteiger partial charge in [-0.2, -0.15) is 0 Å². The van der Waals surface area contributed by atoms with Crippen molar-refractivity contribution in [3.63, 3.8) is 0 Å². The third-order valence-corrected chi connectivity index (χ3v) is 18.3. The summed E-state index contributed by atoms with van der Waals surface area (Å²) in [5, 5.41) is 0.177. The number of carbonyl (C=O) groups is 3. The van der Waals surface area contributed by atoms with Crippen LogP contribution in [0.25, 0.3) is 0 Å². The van der Waals surface area contributed by atoms with E-state index in [4.69, 9.17) is 9.47 Å². The first-order valence-corrected chi connectivity index (χ1v) is 28.6. The van der Waals surface area contributed by atoms with Crippen LogP contribution in [0.1, 0.15) is 215 Å². The van der Waals surface area contributed by atoms with Crippen LogP contribution in [-0.4, -0.2) is 79.2 Å². The van der Waals surface area contributed by atoms with Gasteiger partial charge in [0.25, 0.3) is 5.24 Å². The van der Waals surface area contributed by atoms with Crippen molar-refractivity contribution in [1.29, 1.82) is 0 Å². The number of esters is 2. The molecule has 4 aliphatic carbocycles. The molecule has 4 aliphatic rings. The normalized spacial score (nSPS) is 27.6. The molecule has 4 rings (SSSR count). The summed E-state index contributed by atoms with van der Waals surface area (Å²) in [6.45, 7) is 22.1. The van der Waals surface area contributed by atoms with Crippen molar-refractivity contribution in [1.82, 2.24) is 9.80 Å². The molecular weight excluding hydrogens is 837 g/mol. The topological polar surface area (TPSA) is 76.1 Å². The van der Waals surface area contributed by atoms with Crippen LogP contribution in [-0.2, 0) is 19.1 Å². The van der Waals surface area contributed by atoms with Crippen LogP contribution >= 0.6 is 11.8 Å². The van der Waals surface area contributed by atoms with E-state index in [0.29, 0.717) is 30.8 Å². The average molecular weight is 938 g/mol. The van der Waals surface area contributed by atoms with Crippen LogP contribution in [0.3, 0.4) is 0 Å². The molecule has 0 bridgehead atoms. The Morgan fingerprint density at radius 1 is 0.788 bits per heavy atom. The molecular formula is C58H100N2O5S. The molecule has 3 fully saturated rings. The van der Waals surface area contributed by atoms with Gasteiger partial charge in [-0.3, -0.25) is 14.4 Å². The van der Waals surface area contributed by atoms with E-state index >= 15 is 0 Å². The fourth-order valence-corrected chi connectivity index (χ4v) is 14.3. The van der Waals surface area contributed by atoms with Crippen molar-refractivity contribution in [3.8, 4) is 0 Å². The third kappa shape index (κ3) is 16.5. The number of unbranched alkanes of at least 4 members (excludes halogenated alkanes) is 11. The van der Waals surface area contributed by atoms with Crippen molar-refractivity contribution in [2.24, 2.45) is 45.8 Å². The quantitative estimate of drug-likeness (QED) is 0.0378. The molecule has 7 nitrogen and oxygen atoms in total. The standard InChI is InChI=1S/C58H100N2O5S/c1-10-12-13-14-15-21-26-43-64-53(61)30-22-17-16-19-24-40-60(55(63)66-44-42-59(8)9)41-25-20-18-23-31-54(62)65-49-36-37-57(7)48(45-49)32-33-52-51-35-34-50(47(5)29-27-28-46(3)4)56(51,6)38-39-58(52,57)11-2/h11,21,26,32,46-47,49-52H,2,10,12-20,22-25,27-31,33-45H2,1,3-9H3/b26-21-/t47-,49+,50-,51+,52+,56-,57+,58+/m1/s1. The van der Waals surface area contributed by atoms with Gasteiger partial charge in [-0.15, -0.1) is 6.58 Å². The Bertz CT molecular complexity index is 1530. The Hall–Kier alpha value is -2.06. The highest BCUT2D eigenvalue weighted by Crippen LogP contribution is 2.72. The highest BCUT2D eigenvalue weighted by atomic mass is 32.2. The smallest absolute Gasteiger partial charge is 0.306 e. The van der Waals surface area contributed by atoms with Crippen molar-refractivity contribution < 1.29 is 23.9 Å². The monoisotopic (exact) mass is 937 g/mol. The third-order valence-electron chi connectivity index (χ3n) is 17.4. The summed E-state index contributed by atoms with van der Waals surface area (Å²) in [5.41, 5.74) is 2.22. The van der Waals surface area contributed by atoms with Crippen LogP contribution in [0, 0.1) is 45.8 Å². The molecule has 0 heterocycles. The highest BCUT2D eigenvalue weighted by Gasteiger charge is 2.65. The van der Waals surface area contributed by atoms with Gasteiger partial charge >= 0.3 is 11.9 Å². The maximum atomic E-state index is 13.2. The van der Waals surface area contributed by atoms with E-state index in [1.54, 1.807) is 0 Å². The minimum atomic E-state index is -0.108. The van der Waals surface area contributed by atoms with Crippen molar-refractivity contribution in [2.45, 2.75) is 221 Å². The number of rotatable bonds is 32. The fourth-order valence-electron chi connectivity index (χ4n) is 13.3. The van der Waals surface area contributed by atoms with Crippen molar-refractivity contribution in [3.05, 3.63) is 36.5 Å². The van der Waals surface area contributed by atoms with E-state index in [2.05, 4.69) is 71.2 Å². The number of hydrogen-bond acceptors (Lipinski definition) is 7. The lowest BCUT2D eigenvalue weighted by Gasteiger charge is -2.64. The number of hydrogen-bond donors (Lipinski definition) is 0. The van der Waals surface area contributed by atoms with E-state index in [-0.39, 0.29) is 34.1 Å². The lowest BCUT2D eigenvalue weighted by molar-refractivity contribution is -0.153. The predicted molar refractivity (Wildman–Crippen MR) is 280 cm³/mol. The molecule has 0 aromatic heterocycles. The van der Waals surface area contributed by atoms with Crippen molar-refractivity contribution in [2.75, 3.05) is 46.1 Å². The molecule has 3 saturated carbocycles. The van der Waals surface area contributed by atoms with Gasteiger partial charge in [0.15, 0.2) is 0 Å². The Balaban J connectivity index is 1.14. The predicted octanol–water partition coefficient (Wildman–Crippen LogP) is 15.6. The first-order chi connectivity index (χ1) is 31.7. The molecule has 0 saturated heterocycles. The van der Waals surface area contributed by atoms with Crippen LogP contribution in [0.5, 0.6) is 0 Å². The molecule has 0 unspecified atom stereocenters. The molecule has 0 aliphatic heterocycles. The number of carbonyl (C=O) groups excluding carboxylic acids is 3. The molecule has 8 atom stereocenters. The number of allylic oxidation sites excluding steroid dienone is 3. The minimum Gasteiger partial charge on any atom is -0.462 e. The lowest BCUT2D eigenvalue weighted by atomic mass is 9.40. The van der Waals surface area contributed by atoms with Gasteiger partial charge in [-0.1, -0.05) is 154 Å². The van der Waals surface area contributed by atoms with Crippen LogP contribution in [0.4, 0.5) is 4.79 Å². The Morgan fingerprint density at radius 3 is 2.15 bits per heavy atom. The summed E-state index contributed by atoms with van der Waals surface area (Å²) in [4.78, 5) is 42.8. The first kappa shape index (κ1) is 56.5. The zero-order valence-electron chi connectivity index (χ0n) is 44.0. The van der Waals surface area contributed by atoms with E-state index in [0.717, 1.165) is 139 Å². The average Bonchev–Trinajstić information content (AvgIpc) is 3.64. The van der Waals surface area contributed by atoms with Crippen LogP contribution < -0.4 is 0 Å². The Kier molecular flexibility index (Phi) is 25.0. The number of nitrogens with zero attached hydrogens (tertiary/aromatic N) is 2. The second-order valence-electron chi connectivity index (χ2n) is 22.7. The minimum absolute atomic E-state index is 0.0186. The van der Waals surface area contributed by atoms with Crippen LogP contribution in [0.15, 0.2) is 36.5 Å². The van der Waals surface area contributed by atoms with Crippen LogP contribution in [0.2, 0.25) is 0 Å². The second kappa shape index (κ2) is 29.2. The van der Waals surface area contributed by atoms with Gasteiger partial charge in [0.05, 0.1) is 0 Å². The molecule has 0 spiro atoms. The highest BCUT2D eigenvalue weighted by molar-refractivity contribution is 8.13. The molecule has 1 amide bonds. The van der Waals surface area contributed by atoms with Gasteiger partial charge in [-0.25, -0.2) is 0 Å². The summed E-state index contributed by atoms with van der Waals surface area (Å²) in [6, 6.07) is 0. The van der Waals surface area contributed by atoms with E-state index in [1.165, 1.54) is 88.0 Å². The largest absolute Gasteiger partial charge is 0.462 e. The van der Waals surface area contributed by atoms with Crippen molar-refractivity contribution >= 4 is 28.9 Å². The summed E-state index contributed by atoms with van der Waals surface area (Å²) in [5.74, 6) is 4.54. The summed E-state index contributed by atoms with van der Waals surface area (Å²) < 4.78 is 11.6. The lowest BCUT2D eigenvalue weighted by Crippen LogP contribution is -2.57. The fraction of sp³-hybridized carbons (Fsp3) is 0.845. The first-order valence-electron chi connectivity index (χ1n) is 27.6. The number of amides is 1. The van der Waals surface area contributed by atoms with Gasteiger partial charge < -0.3 is 19.3 Å². The number of thioether (sulfide) groups is 1. The van der Waals surface area contributed by atoms with Gasteiger partial charge in [0.1, 0.15) is 12.7 Å². The van der Waals surface area contributed by atoms with Gasteiger partial charge in [-0.05, 0) is 138 Å². The number of ether oxygens (including phenoxy) is 2. The van der Waals surface area contributed by atoms with Gasteiger partial charge in [0.2, 0.25) is 0 Å². The Labute approximate surface area is 410 Å². The summed E-state index contributed by atoms with van der Waals surface area (Å²) in [6.07, 6.45) is 38.3. The molecule has 0 aromatic carbocycles. The molecule has 0 N–H and O–H groups in total. The van der Waals surface area contributed by atoms with Gasteiger partial charge in [0, 0.05) is 50.1 Å². The molecule has 0 aromatic rings.